The fraction of sp³-hybridized carbons (Fsp3) is 0.143. The highest BCUT2D eigenvalue weighted by molar-refractivity contribution is 7.98. The zero-order valence-electron chi connectivity index (χ0n) is 10.0. The fourth-order valence-corrected chi connectivity index (χ4v) is 2.25. The molecule has 0 aliphatic rings. The summed E-state index contributed by atoms with van der Waals surface area (Å²) < 4.78 is 5.81. The number of ether oxygens (including phenoxy) is 1. The minimum Gasteiger partial charge on any atom is -0.457 e. The molecule has 0 atom stereocenters. The van der Waals surface area contributed by atoms with Crippen LogP contribution in [0.2, 0.25) is 5.02 Å². The molecule has 0 aliphatic heterocycles. The number of halogens is 1. The van der Waals surface area contributed by atoms with Gasteiger partial charge in [-0.3, -0.25) is 0 Å². The van der Waals surface area contributed by atoms with E-state index in [0.29, 0.717) is 17.3 Å². The molecule has 0 spiro atoms. The van der Waals surface area contributed by atoms with E-state index in [1.54, 1.807) is 11.8 Å². The van der Waals surface area contributed by atoms with E-state index in [4.69, 9.17) is 22.1 Å². The Labute approximate surface area is 116 Å². The van der Waals surface area contributed by atoms with E-state index >= 15 is 0 Å². The van der Waals surface area contributed by atoms with Crippen LogP contribution in [-0.2, 0) is 6.54 Å². The van der Waals surface area contributed by atoms with E-state index in [-0.39, 0.29) is 0 Å². The zero-order chi connectivity index (χ0) is 13.0. The van der Waals surface area contributed by atoms with Crippen molar-refractivity contribution < 1.29 is 4.74 Å². The second-order valence-corrected chi connectivity index (χ2v) is 4.99. The van der Waals surface area contributed by atoms with E-state index in [9.17, 15) is 0 Å². The van der Waals surface area contributed by atoms with Crippen LogP contribution in [-0.4, -0.2) is 6.26 Å². The van der Waals surface area contributed by atoms with Gasteiger partial charge in [-0.1, -0.05) is 17.7 Å². The molecule has 2 nitrogen and oxygen atoms in total. The lowest BCUT2D eigenvalue weighted by atomic mass is 10.2. The maximum atomic E-state index is 6.08. The van der Waals surface area contributed by atoms with E-state index in [1.807, 2.05) is 48.7 Å². The van der Waals surface area contributed by atoms with Crippen LogP contribution in [0.1, 0.15) is 5.56 Å². The van der Waals surface area contributed by atoms with Crippen LogP contribution < -0.4 is 10.5 Å². The number of benzene rings is 2. The molecule has 0 aliphatic carbocycles. The molecule has 2 N–H and O–H groups in total. The Kier molecular flexibility index (Phi) is 4.53. The third kappa shape index (κ3) is 2.99. The summed E-state index contributed by atoms with van der Waals surface area (Å²) in [5.41, 5.74) is 6.51. The number of nitrogens with two attached hydrogens (primary N) is 1. The molecule has 2 rings (SSSR count). The standard InChI is InChI=1S/C14H14ClNOS/c1-18-11-7-5-10(6-8-11)17-14-4-2-3-13(15)12(14)9-16/h2-8H,9,16H2,1H3. The van der Waals surface area contributed by atoms with Crippen molar-refractivity contribution in [1.82, 2.24) is 0 Å². The van der Waals surface area contributed by atoms with Crippen LogP contribution in [0.5, 0.6) is 11.5 Å². The lowest BCUT2D eigenvalue weighted by Gasteiger charge is -2.11. The van der Waals surface area contributed by atoms with E-state index in [2.05, 4.69) is 0 Å². The lowest BCUT2D eigenvalue weighted by Crippen LogP contribution is -2.00. The molecule has 0 unspecified atom stereocenters. The molecular weight excluding hydrogens is 266 g/mol. The molecule has 0 fully saturated rings. The molecule has 0 saturated heterocycles. The molecule has 2 aromatic carbocycles. The Morgan fingerprint density at radius 1 is 1.17 bits per heavy atom. The van der Waals surface area contributed by atoms with Gasteiger partial charge in [-0.15, -0.1) is 11.8 Å². The minimum absolute atomic E-state index is 0.359. The van der Waals surface area contributed by atoms with Gasteiger partial charge < -0.3 is 10.5 Å². The van der Waals surface area contributed by atoms with E-state index in [0.717, 1.165) is 11.3 Å². The Balaban J connectivity index is 2.25. The normalized spacial score (nSPS) is 10.4. The number of thioether (sulfide) groups is 1. The van der Waals surface area contributed by atoms with Crippen molar-refractivity contribution in [3.8, 4) is 11.5 Å². The van der Waals surface area contributed by atoms with Crippen LogP contribution in [0, 0.1) is 0 Å². The highest BCUT2D eigenvalue weighted by Gasteiger charge is 2.07. The van der Waals surface area contributed by atoms with Gasteiger partial charge in [-0.25, -0.2) is 0 Å². The van der Waals surface area contributed by atoms with Crippen LogP contribution in [0.15, 0.2) is 47.4 Å². The van der Waals surface area contributed by atoms with Crippen LogP contribution in [0.3, 0.4) is 0 Å². The number of hydrogen-bond donors (Lipinski definition) is 1. The van der Waals surface area contributed by atoms with Gasteiger partial charge in [0.2, 0.25) is 0 Å². The van der Waals surface area contributed by atoms with Crippen LogP contribution in [0.4, 0.5) is 0 Å². The van der Waals surface area contributed by atoms with Gasteiger partial charge in [0.25, 0.3) is 0 Å². The second-order valence-electron chi connectivity index (χ2n) is 3.70. The molecule has 4 heteroatoms. The van der Waals surface area contributed by atoms with Crippen LogP contribution >= 0.6 is 23.4 Å². The maximum Gasteiger partial charge on any atom is 0.133 e. The third-order valence-corrected chi connectivity index (χ3v) is 3.66. The molecular formula is C14H14ClNOS. The maximum absolute atomic E-state index is 6.08. The molecule has 0 saturated carbocycles. The van der Waals surface area contributed by atoms with Gasteiger partial charge in [0.05, 0.1) is 0 Å². The highest BCUT2D eigenvalue weighted by atomic mass is 35.5. The topological polar surface area (TPSA) is 35.2 Å². The van der Waals surface area contributed by atoms with Crippen molar-refractivity contribution in [2.75, 3.05) is 6.26 Å². The van der Waals surface area contributed by atoms with Crippen molar-refractivity contribution in [3.63, 3.8) is 0 Å². The first kappa shape index (κ1) is 13.3. The summed E-state index contributed by atoms with van der Waals surface area (Å²) in [4.78, 5) is 1.20. The van der Waals surface area contributed by atoms with Gasteiger partial charge in [0.1, 0.15) is 11.5 Å². The Morgan fingerprint density at radius 2 is 1.89 bits per heavy atom. The number of rotatable bonds is 4. The van der Waals surface area contributed by atoms with Crippen molar-refractivity contribution in [1.29, 1.82) is 0 Å². The Bertz CT molecular complexity index is 528. The monoisotopic (exact) mass is 279 g/mol. The van der Waals surface area contributed by atoms with Crippen molar-refractivity contribution in [2.24, 2.45) is 5.73 Å². The summed E-state index contributed by atoms with van der Waals surface area (Å²) in [5.74, 6) is 1.49. The first-order valence-electron chi connectivity index (χ1n) is 5.54. The summed E-state index contributed by atoms with van der Waals surface area (Å²) >= 11 is 7.78. The molecule has 2 aromatic rings. The quantitative estimate of drug-likeness (QED) is 0.847. The zero-order valence-corrected chi connectivity index (χ0v) is 11.6. The van der Waals surface area contributed by atoms with Gasteiger partial charge in [-0.2, -0.15) is 0 Å². The molecule has 94 valence electrons. The van der Waals surface area contributed by atoms with Gasteiger partial charge in [0, 0.05) is 22.0 Å². The van der Waals surface area contributed by atoms with Gasteiger partial charge in [-0.05, 0) is 42.7 Å². The predicted octanol–water partition coefficient (Wildman–Crippen LogP) is 4.31. The van der Waals surface area contributed by atoms with E-state index < -0.39 is 0 Å². The van der Waals surface area contributed by atoms with Gasteiger partial charge in [0.15, 0.2) is 0 Å². The predicted molar refractivity (Wildman–Crippen MR) is 77.6 cm³/mol. The average molecular weight is 280 g/mol. The lowest BCUT2D eigenvalue weighted by molar-refractivity contribution is 0.476. The average Bonchev–Trinajstić information content (AvgIpc) is 2.40. The molecule has 0 heterocycles. The first-order valence-corrected chi connectivity index (χ1v) is 7.14. The summed E-state index contributed by atoms with van der Waals surface area (Å²) in [6.45, 7) is 0.359. The molecule has 18 heavy (non-hydrogen) atoms. The SMILES string of the molecule is CSc1ccc(Oc2cccc(Cl)c2CN)cc1. The number of hydrogen-bond acceptors (Lipinski definition) is 3. The minimum atomic E-state index is 0.359. The summed E-state index contributed by atoms with van der Waals surface area (Å²) in [6, 6.07) is 13.5. The van der Waals surface area contributed by atoms with Crippen LogP contribution in [0.25, 0.3) is 0 Å². The van der Waals surface area contributed by atoms with Crippen molar-refractivity contribution >= 4 is 23.4 Å². The Morgan fingerprint density at radius 3 is 2.50 bits per heavy atom. The smallest absolute Gasteiger partial charge is 0.133 e. The largest absolute Gasteiger partial charge is 0.457 e. The molecule has 0 bridgehead atoms. The van der Waals surface area contributed by atoms with Crippen molar-refractivity contribution in [3.05, 3.63) is 53.1 Å². The second kappa shape index (κ2) is 6.14. The summed E-state index contributed by atoms with van der Waals surface area (Å²) in [7, 11) is 0. The Hall–Kier alpha value is -1.16. The van der Waals surface area contributed by atoms with Crippen molar-refractivity contribution in [2.45, 2.75) is 11.4 Å². The molecule has 0 aromatic heterocycles. The van der Waals surface area contributed by atoms with Gasteiger partial charge >= 0.3 is 0 Å². The molecule has 0 radical (unpaired) electrons. The summed E-state index contributed by atoms with van der Waals surface area (Å²) in [6.07, 6.45) is 2.04. The third-order valence-electron chi connectivity index (χ3n) is 2.57. The molecule has 0 amide bonds. The fourth-order valence-electron chi connectivity index (χ4n) is 1.60. The van der Waals surface area contributed by atoms with E-state index in [1.165, 1.54) is 4.90 Å². The highest BCUT2D eigenvalue weighted by Crippen LogP contribution is 2.30. The summed E-state index contributed by atoms with van der Waals surface area (Å²) in [5, 5.41) is 0.635. The first-order chi connectivity index (χ1) is 8.74.